The van der Waals surface area contributed by atoms with Gasteiger partial charge in [0.25, 0.3) is 5.91 Å². The molecule has 0 fully saturated rings. The molecule has 0 aliphatic rings. The molecular weight excluding hydrogens is 378 g/mol. The SMILES string of the molecule is CCOc1ccc(CCNC(=O)c2ccc(C)c(S(C)(=O)=O)c2)cc1OCC. The van der Waals surface area contributed by atoms with Crippen molar-refractivity contribution in [1.82, 2.24) is 5.32 Å². The second-order valence-electron chi connectivity index (χ2n) is 6.41. The first-order chi connectivity index (χ1) is 13.3. The fourth-order valence-electron chi connectivity index (χ4n) is 2.81. The van der Waals surface area contributed by atoms with E-state index in [0.717, 1.165) is 11.8 Å². The lowest BCUT2D eigenvalue weighted by molar-refractivity contribution is 0.0954. The third-order valence-corrected chi connectivity index (χ3v) is 5.40. The second-order valence-corrected chi connectivity index (χ2v) is 8.39. The van der Waals surface area contributed by atoms with E-state index in [1.54, 1.807) is 19.1 Å². The van der Waals surface area contributed by atoms with Crippen molar-refractivity contribution in [3.05, 3.63) is 53.1 Å². The minimum atomic E-state index is -3.38. The van der Waals surface area contributed by atoms with E-state index in [4.69, 9.17) is 9.47 Å². The molecule has 2 aromatic rings. The molecule has 0 spiro atoms. The van der Waals surface area contributed by atoms with E-state index in [1.165, 1.54) is 6.07 Å². The average molecular weight is 406 g/mol. The highest BCUT2D eigenvalue weighted by atomic mass is 32.2. The molecule has 2 rings (SSSR count). The lowest BCUT2D eigenvalue weighted by Gasteiger charge is -2.13. The Morgan fingerprint density at radius 3 is 2.32 bits per heavy atom. The fraction of sp³-hybridized carbons (Fsp3) is 0.381. The van der Waals surface area contributed by atoms with Crippen LogP contribution in [0.15, 0.2) is 41.3 Å². The van der Waals surface area contributed by atoms with Crippen LogP contribution in [-0.4, -0.2) is 40.3 Å². The van der Waals surface area contributed by atoms with Crippen LogP contribution in [0.3, 0.4) is 0 Å². The van der Waals surface area contributed by atoms with E-state index in [1.807, 2.05) is 32.0 Å². The second kappa shape index (κ2) is 9.59. The molecule has 0 saturated heterocycles. The van der Waals surface area contributed by atoms with Gasteiger partial charge in [-0.05, 0) is 62.6 Å². The molecule has 1 amide bonds. The van der Waals surface area contributed by atoms with Crippen molar-refractivity contribution in [3.8, 4) is 11.5 Å². The van der Waals surface area contributed by atoms with Gasteiger partial charge in [0.15, 0.2) is 21.3 Å². The van der Waals surface area contributed by atoms with E-state index < -0.39 is 9.84 Å². The van der Waals surface area contributed by atoms with Gasteiger partial charge in [-0.2, -0.15) is 0 Å². The molecule has 0 aromatic heterocycles. The number of hydrogen-bond acceptors (Lipinski definition) is 5. The Morgan fingerprint density at radius 2 is 1.68 bits per heavy atom. The number of carbonyl (C=O) groups is 1. The first-order valence-electron chi connectivity index (χ1n) is 9.23. The molecule has 0 unspecified atom stereocenters. The Labute approximate surface area is 166 Å². The Hall–Kier alpha value is -2.54. The van der Waals surface area contributed by atoms with Crippen molar-refractivity contribution in [1.29, 1.82) is 0 Å². The molecule has 0 bridgehead atoms. The molecule has 2 aromatic carbocycles. The van der Waals surface area contributed by atoms with Gasteiger partial charge in [-0.1, -0.05) is 12.1 Å². The molecule has 0 saturated carbocycles. The minimum Gasteiger partial charge on any atom is -0.490 e. The van der Waals surface area contributed by atoms with Crippen molar-refractivity contribution >= 4 is 15.7 Å². The summed E-state index contributed by atoms with van der Waals surface area (Å²) < 4.78 is 34.8. The van der Waals surface area contributed by atoms with E-state index in [-0.39, 0.29) is 10.8 Å². The Kier molecular flexibility index (Phi) is 7.45. The number of aryl methyl sites for hydroxylation is 1. The van der Waals surface area contributed by atoms with Gasteiger partial charge in [-0.25, -0.2) is 8.42 Å². The highest BCUT2D eigenvalue weighted by molar-refractivity contribution is 7.90. The highest BCUT2D eigenvalue weighted by Gasteiger charge is 2.14. The van der Waals surface area contributed by atoms with E-state index in [0.29, 0.717) is 48.8 Å². The van der Waals surface area contributed by atoms with Gasteiger partial charge in [0, 0.05) is 18.4 Å². The first kappa shape index (κ1) is 21.8. The molecule has 0 heterocycles. The number of rotatable bonds is 9. The zero-order valence-corrected chi connectivity index (χ0v) is 17.6. The average Bonchev–Trinajstić information content (AvgIpc) is 2.63. The van der Waals surface area contributed by atoms with Crippen LogP contribution in [0.4, 0.5) is 0 Å². The van der Waals surface area contributed by atoms with Crippen molar-refractivity contribution < 1.29 is 22.7 Å². The molecule has 1 N–H and O–H groups in total. The largest absolute Gasteiger partial charge is 0.490 e. The Bertz CT molecular complexity index is 938. The fourth-order valence-corrected chi connectivity index (χ4v) is 3.81. The van der Waals surface area contributed by atoms with Gasteiger partial charge in [0.2, 0.25) is 0 Å². The molecule has 28 heavy (non-hydrogen) atoms. The maximum Gasteiger partial charge on any atom is 0.251 e. The van der Waals surface area contributed by atoms with Gasteiger partial charge in [0.05, 0.1) is 18.1 Å². The van der Waals surface area contributed by atoms with Crippen LogP contribution < -0.4 is 14.8 Å². The molecule has 7 heteroatoms. The summed E-state index contributed by atoms with van der Waals surface area (Å²) in [6, 6.07) is 10.4. The van der Waals surface area contributed by atoms with E-state index >= 15 is 0 Å². The number of hydrogen-bond donors (Lipinski definition) is 1. The Balaban J connectivity index is 2.03. The molecular formula is C21H27NO5S. The summed E-state index contributed by atoms with van der Waals surface area (Å²) in [7, 11) is -3.38. The standard InChI is InChI=1S/C21H27NO5S/c1-5-26-18-10-8-16(13-19(18)27-6-2)11-12-22-21(23)17-9-7-15(3)20(14-17)28(4,24)25/h7-10,13-14H,5-6,11-12H2,1-4H3,(H,22,23). The Morgan fingerprint density at radius 1 is 1.00 bits per heavy atom. The van der Waals surface area contributed by atoms with Crippen molar-refractivity contribution in [2.24, 2.45) is 0 Å². The quantitative estimate of drug-likeness (QED) is 0.693. The zero-order valence-electron chi connectivity index (χ0n) is 16.7. The lowest BCUT2D eigenvalue weighted by Crippen LogP contribution is -2.26. The van der Waals surface area contributed by atoms with Crippen molar-refractivity contribution in [2.45, 2.75) is 32.1 Å². The van der Waals surface area contributed by atoms with Gasteiger partial charge >= 0.3 is 0 Å². The summed E-state index contributed by atoms with van der Waals surface area (Å²) in [4.78, 5) is 12.6. The minimum absolute atomic E-state index is 0.174. The van der Waals surface area contributed by atoms with Crippen molar-refractivity contribution in [2.75, 3.05) is 26.0 Å². The van der Waals surface area contributed by atoms with Gasteiger partial charge < -0.3 is 14.8 Å². The van der Waals surface area contributed by atoms with E-state index in [2.05, 4.69) is 5.32 Å². The number of nitrogens with one attached hydrogen (secondary N) is 1. The zero-order chi connectivity index (χ0) is 20.7. The number of sulfone groups is 1. The summed E-state index contributed by atoms with van der Waals surface area (Å²) in [6.45, 7) is 7.05. The van der Waals surface area contributed by atoms with Crippen LogP contribution in [0.5, 0.6) is 11.5 Å². The number of benzene rings is 2. The molecule has 6 nitrogen and oxygen atoms in total. The molecule has 0 aliphatic heterocycles. The van der Waals surface area contributed by atoms with Crippen LogP contribution in [-0.2, 0) is 16.3 Å². The smallest absolute Gasteiger partial charge is 0.251 e. The predicted octanol–water partition coefficient (Wildman–Crippen LogP) is 3.17. The summed E-state index contributed by atoms with van der Waals surface area (Å²) in [5, 5.41) is 2.83. The van der Waals surface area contributed by atoms with Crippen LogP contribution in [0, 0.1) is 6.92 Å². The molecule has 0 atom stereocenters. The van der Waals surface area contributed by atoms with E-state index in [9.17, 15) is 13.2 Å². The number of ether oxygens (including phenoxy) is 2. The molecule has 0 radical (unpaired) electrons. The van der Waals surface area contributed by atoms with Gasteiger partial charge in [0.1, 0.15) is 0 Å². The topological polar surface area (TPSA) is 81.7 Å². The molecule has 152 valence electrons. The number of carbonyl (C=O) groups excluding carboxylic acids is 1. The van der Waals surface area contributed by atoms with Crippen LogP contribution in [0.25, 0.3) is 0 Å². The van der Waals surface area contributed by atoms with Gasteiger partial charge in [-0.15, -0.1) is 0 Å². The third-order valence-electron chi connectivity index (χ3n) is 4.16. The lowest BCUT2D eigenvalue weighted by atomic mass is 10.1. The first-order valence-corrected chi connectivity index (χ1v) is 11.1. The summed E-state index contributed by atoms with van der Waals surface area (Å²) in [5.41, 5.74) is 1.96. The maximum atomic E-state index is 12.4. The summed E-state index contributed by atoms with van der Waals surface area (Å²) in [5.74, 6) is 1.08. The van der Waals surface area contributed by atoms with Crippen LogP contribution >= 0.6 is 0 Å². The summed E-state index contributed by atoms with van der Waals surface area (Å²) in [6.07, 6.45) is 1.75. The van der Waals surface area contributed by atoms with Crippen LogP contribution in [0.1, 0.15) is 35.3 Å². The normalized spacial score (nSPS) is 11.1. The highest BCUT2D eigenvalue weighted by Crippen LogP contribution is 2.28. The molecule has 0 aliphatic carbocycles. The monoisotopic (exact) mass is 405 g/mol. The van der Waals surface area contributed by atoms with Crippen LogP contribution in [0.2, 0.25) is 0 Å². The van der Waals surface area contributed by atoms with Crippen molar-refractivity contribution in [3.63, 3.8) is 0 Å². The summed E-state index contributed by atoms with van der Waals surface area (Å²) >= 11 is 0. The number of amides is 1. The predicted molar refractivity (Wildman–Crippen MR) is 109 cm³/mol. The maximum absolute atomic E-state index is 12.4. The third kappa shape index (κ3) is 5.73. The van der Waals surface area contributed by atoms with Gasteiger partial charge in [-0.3, -0.25) is 4.79 Å².